The maximum Gasteiger partial charge on any atom is 0.407 e. The Kier molecular flexibility index (Phi) is 2.94. The Bertz CT molecular complexity index is 418. The van der Waals surface area contributed by atoms with Crippen LogP contribution in [0, 0.1) is 17.8 Å². The van der Waals surface area contributed by atoms with Gasteiger partial charge in [0.05, 0.1) is 11.7 Å². The number of rotatable bonds is 1. The van der Waals surface area contributed by atoms with Gasteiger partial charge in [0.25, 0.3) is 0 Å². The molecule has 6 heteroatoms. The summed E-state index contributed by atoms with van der Waals surface area (Å²) in [5, 5.41) is 6.55. The molecule has 4 rings (SSSR count). The van der Waals surface area contributed by atoms with Crippen molar-refractivity contribution in [1.82, 2.24) is 16.1 Å². The zero-order valence-corrected chi connectivity index (χ0v) is 11.9. The molecule has 0 aromatic heterocycles. The van der Waals surface area contributed by atoms with Gasteiger partial charge in [0.2, 0.25) is 0 Å². The number of nitrogens with one attached hydrogen (secondary N) is 3. The molecule has 2 aliphatic carbocycles. The third kappa shape index (κ3) is 1.93. The van der Waals surface area contributed by atoms with Gasteiger partial charge in [0, 0.05) is 0 Å². The minimum atomic E-state index is -0.228. The smallest absolute Gasteiger partial charge is 0.407 e. The van der Waals surface area contributed by atoms with Crippen molar-refractivity contribution in [3.05, 3.63) is 0 Å². The summed E-state index contributed by atoms with van der Waals surface area (Å²) < 4.78 is 5.19. The first kappa shape index (κ1) is 12.9. The van der Waals surface area contributed by atoms with Crippen molar-refractivity contribution in [3.8, 4) is 0 Å². The molecule has 0 bridgehead atoms. The molecular formula is C14H23N3O3. The normalized spacial score (nSPS) is 51.0. The number of hydrogen-bond donors (Lipinski definition) is 3. The average Bonchev–Trinajstić information content (AvgIpc) is 3.12. The number of hydroxylamine groups is 1. The molecule has 1 spiro atoms. The lowest BCUT2D eigenvalue weighted by molar-refractivity contribution is 0.0214. The fourth-order valence-corrected chi connectivity index (χ4v) is 4.81. The molecule has 4 aliphatic rings. The Morgan fingerprint density at radius 3 is 2.85 bits per heavy atom. The largest absolute Gasteiger partial charge is 0.447 e. The van der Waals surface area contributed by atoms with Gasteiger partial charge in [-0.15, -0.1) is 0 Å². The minimum Gasteiger partial charge on any atom is -0.447 e. The van der Waals surface area contributed by atoms with Crippen LogP contribution in [0.15, 0.2) is 0 Å². The molecule has 1 amide bonds. The predicted molar refractivity (Wildman–Crippen MR) is 71.4 cm³/mol. The molecule has 112 valence electrons. The molecular weight excluding hydrogens is 258 g/mol. The Morgan fingerprint density at radius 2 is 2.15 bits per heavy atom. The van der Waals surface area contributed by atoms with Crippen LogP contribution < -0.4 is 16.1 Å². The van der Waals surface area contributed by atoms with E-state index < -0.39 is 0 Å². The van der Waals surface area contributed by atoms with Crippen LogP contribution in [-0.2, 0) is 9.57 Å². The van der Waals surface area contributed by atoms with E-state index in [0.29, 0.717) is 24.4 Å². The Hall–Kier alpha value is -0.850. The third-order valence-electron chi connectivity index (χ3n) is 5.76. The standard InChI is InChI=1S/C14H23N3O3/c1-8-15-12(17-20-8)10-2-3-11-9(6-10)4-5-14(11)7-19-13(18)16-14/h8-12,15,17H,2-7H2,1H3,(H,16,18)/t8?,9?,10?,11?,12?,14-/m0/s1. The third-order valence-corrected chi connectivity index (χ3v) is 5.76. The van der Waals surface area contributed by atoms with Gasteiger partial charge in [0.1, 0.15) is 12.8 Å². The highest BCUT2D eigenvalue weighted by atomic mass is 16.7. The van der Waals surface area contributed by atoms with Crippen molar-refractivity contribution in [2.45, 2.75) is 57.0 Å². The summed E-state index contributed by atoms with van der Waals surface area (Å²) in [5.41, 5.74) is 3.06. The highest BCUT2D eigenvalue weighted by Gasteiger charge is 2.55. The highest BCUT2D eigenvalue weighted by molar-refractivity contribution is 5.71. The van der Waals surface area contributed by atoms with Gasteiger partial charge in [-0.25, -0.2) is 4.79 Å². The van der Waals surface area contributed by atoms with E-state index in [2.05, 4.69) is 16.1 Å². The quantitative estimate of drug-likeness (QED) is 0.671. The van der Waals surface area contributed by atoms with Crippen LogP contribution >= 0.6 is 0 Å². The summed E-state index contributed by atoms with van der Waals surface area (Å²) in [4.78, 5) is 16.8. The first-order chi connectivity index (χ1) is 9.66. The molecule has 20 heavy (non-hydrogen) atoms. The van der Waals surface area contributed by atoms with Gasteiger partial charge in [-0.05, 0) is 56.8 Å². The second kappa shape index (κ2) is 4.58. The van der Waals surface area contributed by atoms with Gasteiger partial charge in [0.15, 0.2) is 0 Å². The van der Waals surface area contributed by atoms with Crippen LogP contribution in [0.2, 0.25) is 0 Å². The summed E-state index contributed by atoms with van der Waals surface area (Å²) >= 11 is 0. The summed E-state index contributed by atoms with van der Waals surface area (Å²) in [6, 6.07) is 0. The van der Waals surface area contributed by atoms with E-state index in [1.54, 1.807) is 0 Å². The second-order valence-electron chi connectivity index (χ2n) is 6.86. The van der Waals surface area contributed by atoms with Crippen LogP contribution in [0.25, 0.3) is 0 Å². The van der Waals surface area contributed by atoms with Crippen molar-refractivity contribution >= 4 is 6.09 Å². The lowest BCUT2D eigenvalue weighted by Crippen LogP contribution is -2.50. The predicted octanol–water partition coefficient (Wildman–Crippen LogP) is 1.09. The van der Waals surface area contributed by atoms with Gasteiger partial charge >= 0.3 is 6.09 Å². The summed E-state index contributed by atoms with van der Waals surface area (Å²) in [6.07, 6.45) is 5.98. The van der Waals surface area contributed by atoms with E-state index in [1.165, 1.54) is 25.7 Å². The van der Waals surface area contributed by atoms with E-state index >= 15 is 0 Å². The molecule has 0 radical (unpaired) electrons. The van der Waals surface area contributed by atoms with Crippen molar-refractivity contribution in [2.24, 2.45) is 17.8 Å². The van der Waals surface area contributed by atoms with Crippen molar-refractivity contribution in [3.63, 3.8) is 0 Å². The molecule has 2 saturated heterocycles. The van der Waals surface area contributed by atoms with Gasteiger partial charge in [-0.3, -0.25) is 10.2 Å². The first-order valence-corrected chi connectivity index (χ1v) is 7.78. The van der Waals surface area contributed by atoms with Crippen molar-refractivity contribution in [2.75, 3.05) is 6.61 Å². The first-order valence-electron chi connectivity index (χ1n) is 7.78. The van der Waals surface area contributed by atoms with Gasteiger partial charge < -0.3 is 10.1 Å². The van der Waals surface area contributed by atoms with Crippen molar-refractivity contribution in [1.29, 1.82) is 0 Å². The number of amides is 1. The van der Waals surface area contributed by atoms with E-state index in [9.17, 15) is 4.79 Å². The number of fused-ring (bicyclic) bond motifs is 2. The maximum atomic E-state index is 11.4. The topological polar surface area (TPSA) is 71.6 Å². The SMILES string of the molecule is CC1NC(C2CCC3C(CC[C@]34COC(=O)N4)C2)NO1. The Morgan fingerprint density at radius 1 is 1.25 bits per heavy atom. The summed E-state index contributed by atoms with van der Waals surface area (Å²) in [5.74, 6) is 1.91. The van der Waals surface area contributed by atoms with Crippen LogP contribution in [0.1, 0.15) is 39.0 Å². The number of carbonyl (C=O) groups excluding carboxylic acids is 1. The molecule has 6 atom stereocenters. The molecule has 2 heterocycles. The maximum absolute atomic E-state index is 11.4. The number of carbonyl (C=O) groups is 1. The molecule has 4 fully saturated rings. The fraction of sp³-hybridized carbons (Fsp3) is 0.929. The number of cyclic esters (lactones) is 1. The van der Waals surface area contributed by atoms with Gasteiger partial charge in [-0.2, -0.15) is 5.48 Å². The zero-order valence-electron chi connectivity index (χ0n) is 11.9. The van der Waals surface area contributed by atoms with Crippen LogP contribution in [0.3, 0.4) is 0 Å². The summed E-state index contributed by atoms with van der Waals surface area (Å²) in [6.45, 7) is 2.59. The van der Waals surface area contributed by atoms with E-state index in [4.69, 9.17) is 9.57 Å². The van der Waals surface area contributed by atoms with E-state index in [-0.39, 0.29) is 24.0 Å². The molecule has 6 nitrogen and oxygen atoms in total. The number of alkyl carbamates (subject to hydrolysis) is 1. The Labute approximate surface area is 118 Å². The molecule has 2 saturated carbocycles. The van der Waals surface area contributed by atoms with Crippen LogP contribution in [0.5, 0.6) is 0 Å². The zero-order chi connectivity index (χ0) is 13.7. The molecule has 0 aromatic carbocycles. The fourth-order valence-electron chi connectivity index (χ4n) is 4.81. The van der Waals surface area contributed by atoms with Crippen molar-refractivity contribution < 1.29 is 14.4 Å². The lowest BCUT2D eigenvalue weighted by atomic mass is 9.70. The summed E-state index contributed by atoms with van der Waals surface area (Å²) in [7, 11) is 0. The Balaban J connectivity index is 1.43. The molecule has 0 aromatic rings. The van der Waals surface area contributed by atoms with Crippen LogP contribution in [0.4, 0.5) is 4.79 Å². The second-order valence-corrected chi connectivity index (χ2v) is 6.86. The molecule has 5 unspecified atom stereocenters. The van der Waals surface area contributed by atoms with Crippen LogP contribution in [-0.4, -0.2) is 30.6 Å². The van der Waals surface area contributed by atoms with Gasteiger partial charge in [-0.1, -0.05) is 0 Å². The monoisotopic (exact) mass is 281 g/mol. The van der Waals surface area contributed by atoms with E-state index in [0.717, 1.165) is 6.42 Å². The lowest BCUT2D eigenvalue weighted by Gasteiger charge is -2.39. The molecule has 2 aliphatic heterocycles. The molecule has 3 N–H and O–H groups in total. The number of ether oxygens (including phenoxy) is 1. The number of hydrogen-bond acceptors (Lipinski definition) is 5. The minimum absolute atomic E-state index is 0.0625. The highest BCUT2D eigenvalue weighted by Crippen LogP contribution is 2.51. The van der Waals surface area contributed by atoms with E-state index in [1.807, 2.05) is 6.92 Å². The average molecular weight is 281 g/mol.